The molecule has 5 heteroatoms. The highest BCUT2D eigenvalue weighted by atomic mass is 16.5. The first kappa shape index (κ1) is 17.3. The number of fused-ring (bicyclic) bond motifs is 3. The van der Waals surface area contributed by atoms with Crippen LogP contribution in [0.5, 0.6) is 5.75 Å². The van der Waals surface area contributed by atoms with Gasteiger partial charge in [0.2, 0.25) is 0 Å². The summed E-state index contributed by atoms with van der Waals surface area (Å²) < 4.78 is 8.19. The largest absolute Gasteiger partial charge is 0.489 e. The summed E-state index contributed by atoms with van der Waals surface area (Å²) in [5.74, 6) is 2.72. The third-order valence-electron chi connectivity index (χ3n) is 4.66. The SMILES string of the molecule is Cc1nc2c(N)nc3cc(OCc4ccccc4)ccc3c2n1CC(C)C. The number of hydrogen-bond acceptors (Lipinski definition) is 4. The van der Waals surface area contributed by atoms with Crippen LogP contribution in [0.3, 0.4) is 0 Å². The highest BCUT2D eigenvalue weighted by molar-refractivity contribution is 6.06. The number of anilines is 1. The highest BCUT2D eigenvalue weighted by Gasteiger charge is 2.16. The Morgan fingerprint density at radius 1 is 1.07 bits per heavy atom. The first-order chi connectivity index (χ1) is 13.0. The number of aromatic nitrogens is 3. The van der Waals surface area contributed by atoms with Crippen molar-refractivity contribution in [1.82, 2.24) is 14.5 Å². The number of nitrogens with zero attached hydrogens (tertiary/aromatic N) is 3. The van der Waals surface area contributed by atoms with Gasteiger partial charge in [0.15, 0.2) is 5.82 Å². The second kappa shape index (κ2) is 6.91. The summed E-state index contributed by atoms with van der Waals surface area (Å²) >= 11 is 0. The van der Waals surface area contributed by atoms with Crippen LogP contribution in [0, 0.1) is 12.8 Å². The molecule has 27 heavy (non-hydrogen) atoms. The molecule has 0 bridgehead atoms. The van der Waals surface area contributed by atoms with Gasteiger partial charge in [-0.25, -0.2) is 9.97 Å². The number of ether oxygens (including phenoxy) is 1. The lowest BCUT2D eigenvalue weighted by Crippen LogP contribution is -2.06. The standard InChI is InChI=1S/C22H24N4O/c1-14(2)12-26-15(3)24-20-21(26)18-10-9-17(11-19(18)25-22(20)23)27-13-16-7-5-4-6-8-16/h4-11,14H,12-13H2,1-3H3,(H2,23,25). The maximum atomic E-state index is 6.22. The van der Waals surface area contributed by atoms with Crippen molar-refractivity contribution in [2.45, 2.75) is 33.9 Å². The van der Waals surface area contributed by atoms with Crippen LogP contribution in [0.4, 0.5) is 5.82 Å². The Morgan fingerprint density at radius 3 is 2.59 bits per heavy atom. The minimum atomic E-state index is 0.461. The van der Waals surface area contributed by atoms with Gasteiger partial charge in [-0.15, -0.1) is 0 Å². The third kappa shape index (κ3) is 3.33. The number of rotatable bonds is 5. The molecule has 0 aliphatic rings. The van der Waals surface area contributed by atoms with Crippen LogP contribution >= 0.6 is 0 Å². The first-order valence-corrected chi connectivity index (χ1v) is 9.25. The molecular formula is C22H24N4O. The molecule has 4 rings (SSSR count). The van der Waals surface area contributed by atoms with Gasteiger partial charge >= 0.3 is 0 Å². The molecule has 0 amide bonds. The molecule has 138 valence electrons. The summed E-state index contributed by atoms with van der Waals surface area (Å²) in [6, 6.07) is 16.1. The molecule has 0 spiro atoms. The molecule has 5 nitrogen and oxygen atoms in total. The lowest BCUT2D eigenvalue weighted by Gasteiger charge is -2.12. The van der Waals surface area contributed by atoms with Crippen LogP contribution in [-0.4, -0.2) is 14.5 Å². The van der Waals surface area contributed by atoms with Crippen molar-refractivity contribution in [1.29, 1.82) is 0 Å². The van der Waals surface area contributed by atoms with E-state index in [4.69, 9.17) is 10.5 Å². The Balaban J connectivity index is 1.76. The van der Waals surface area contributed by atoms with Crippen LogP contribution < -0.4 is 10.5 Å². The summed E-state index contributed by atoms with van der Waals surface area (Å²) in [5, 5.41) is 1.05. The normalized spacial score (nSPS) is 11.6. The fourth-order valence-electron chi connectivity index (χ4n) is 3.42. The summed E-state index contributed by atoms with van der Waals surface area (Å²) in [5.41, 5.74) is 10.0. The average Bonchev–Trinajstić information content (AvgIpc) is 2.97. The predicted molar refractivity (Wildman–Crippen MR) is 110 cm³/mol. The predicted octanol–water partition coefficient (Wildman–Crippen LogP) is 4.71. The number of pyridine rings is 1. The molecule has 0 saturated heterocycles. The molecule has 0 radical (unpaired) electrons. The smallest absolute Gasteiger partial charge is 0.152 e. The lowest BCUT2D eigenvalue weighted by molar-refractivity contribution is 0.306. The van der Waals surface area contributed by atoms with E-state index >= 15 is 0 Å². The average molecular weight is 360 g/mol. The molecule has 4 aromatic rings. The van der Waals surface area contributed by atoms with Gasteiger partial charge in [-0.3, -0.25) is 0 Å². The number of benzene rings is 2. The second-order valence-electron chi connectivity index (χ2n) is 7.31. The van der Waals surface area contributed by atoms with Gasteiger partial charge in [0.1, 0.15) is 23.7 Å². The van der Waals surface area contributed by atoms with Crippen molar-refractivity contribution in [3.05, 3.63) is 59.9 Å². The van der Waals surface area contributed by atoms with Gasteiger partial charge in [-0.1, -0.05) is 44.2 Å². The Bertz CT molecular complexity index is 1100. The second-order valence-corrected chi connectivity index (χ2v) is 7.31. The zero-order chi connectivity index (χ0) is 19.0. The maximum absolute atomic E-state index is 6.22. The van der Waals surface area contributed by atoms with Crippen LogP contribution in [0.25, 0.3) is 21.9 Å². The molecule has 0 atom stereocenters. The monoisotopic (exact) mass is 360 g/mol. The van der Waals surface area contributed by atoms with Gasteiger partial charge < -0.3 is 15.0 Å². The first-order valence-electron chi connectivity index (χ1n) is 9.25. The van der Waals surface area contributed by atoms with Crippen molar-refractivity contribution >= 4 is 27.8 Å². The van der Waals surface area contributed by atoms with Crippen LogP contribution in [0.15, 0.2) is 48.5 Å². The maximum Gasteiger partial charge on any atom is 0.152 e. The van der Waals surface area contributed by atoms with E-state index < -0.39 is 0 Å². The molecule has 0 aliphatic carbocycles. The van der Waals surface area contributed by atoms with E-state index in [0.717, 1.165) is 45.6 Å². The van der Waals surface area contributed by atoms with Gasteiger partial charge in [0, 0.05) is 18.0 Å². The van der Waals surface area contributed by atoms with Crippen molar-refractivity contribution < 1.29 is 4.74 Å². The Labute approximate surface area is 158 Å². The number of aryl methyl sites for hydroxylation is 1. The molecule has 0 unspecified atom stereocenters. The van der Waals surface area contributed by atoms with E-state index in [0.29, 0.717) is 18.3 Å². The molecular weight excluding hydrogens is 336 g/mol. The van der Waals surface area contributed by atoms with Crippen molar-refractivity contribution in [2.75, 3.05) is 5.73 Å². The summed E-state index contributed by atoms with van der Waals surface area (Å²) in [4.78, 5) is 9.23. The van der Waals surface area contributed by atoms with Gasteiger partial charge in [0.25, 0.3) is 0 Å². The number of imidazole rings is 1. The van der Waals surface area contributed by atoms with Crippen LogP contribution in [0.1, 0.15) is 25.2 Å². The summed E-state index contributed by atoms with van der Waals surface area (Å²) in [6.45, 7) is 7.84. The van der Waals surface area contributed by atoms with Crippen molar-refractivity contribution in [3.63, 3.8) is 0 Å². The highest BCUT2D eigenvalue weighted by Crippen LogP contribution is 2.31. The van der Waals surface area contributed by atoms with E-state index in [1.165, 1.54) is 0 Å². The summed E-state index contributed by atoms with van der Waals surface area (Å²) in [7, 11) is 0. The number of nitrogens with two attached hydrogens (primary N) is 1. The minimum absolute atomic E-state index is 0.461. The molecule has 0 saturated carbocycles. The Hall–Kier alpha value is -3.08. The topological polar surface area (TPSA) is 66.0 Å². The van der Waals surface area contributed by atoms with Crippen molar-refractivity contribution in [3.8, 4) is 5.75 Å². The Kier molecular flexibility index (Phi) is 4.44. The molecule has 2 aromatic heterocycles. The van der Waals surface area contributed by atoms with E-state index in [9.17, 15) is 0 Å². The van der Waals surface area contributed by atoms with Crippen molar-refractivity contribution in [2.24, 2.45) is 5.92 Å². The zero-order valence-corrected chi connectivity index (χ0v) is 15.9. The lowest BCUT2D eigenvalue weighted by atomic mass is 10.1. The minimum Gasteiger partial charge on any atom is -0.489 e. The molecule has 2 heterocycles. The van der Waals surface area contributed by atoms with E-state index in [1.807, 2.05) is 49.4 Å². The van der Waals surface area contributed by atoms with Gasteiger partial charge in [-0.2, -0.15) is 0 Å². The van der Waals surface area contributed by atoms with E-state index in [2.05, 4.69) is 34.4 Å². The van der Waals surface area contributed by atoms with Gasteiger partial charge in [0.05, 0.1) is 11.0 Å². The molecule has 2 aromatic carbocycles. The third-order valence-corrected chi connectivity index (χ3v) is 4.66. The molecule has 0 aliphatic heterocycles. The Morgan fingerprint density at radius 2 is 1.85 bits per heavy atom. The fraction of sp³-hybridized carbons (Fsp3) is 0.273. The fourth-order valence-corrected chi connectivity index (χ4v) is 3.42. The van der Waals surface area contributed by atoms with Crippen LogP contribution in [-0.2, 0) is 13.2 Å². The summed E-state index contributed by atoms with van der Waals surface area (Å²) in [6.07, 6.45) is 0. The van der Waals surface area contributed by atoms with E-state index in [1.54, 1.807) is 0 Å². The van der Waals surface area contributed by atoms with Crippen LogP contribution in [0.2, 0.25) is 0 Å². The quantitative estimate of drug-likeness (QED) is 0.560. The molecule has 2 N–H and O–H groups in total. The number of hydrogen-bond donors (Lipinski definition) is 1. The molecule has 0 fully saturated rings. The van der Waals surface area contributed by atoms with E-state index in [-0.39, 0.29) is 0 Å². The zero-order valence-electron chi connectivity index (χ0n) is 15.9. The number of nitrogen functional groups attached to an aromatic ring is 1. The van der Waals surface area contributed by atoms with Gasteiger partial charge in [-0.05, 0) is 30.5 Å².